The first-order chi connectivity index (χ1) is 15.8. The summed E-state index contributed by atoms with van der Waals surface area (Å²) in [6.45, 7) is 2.44. The molecule has 0 heterocycles. The lowest BCUT2D eigenvalue weighted by Crippen LogP contribution is -2.60. The monoisotopic (exact) mass is 481 g/mol. The number of aliphatic carboxylic acids is 1. The van der Waals surface area contributed by atoms with Crippen LogP contribution in [0.5, 0.6) is 5.75 Å². The van der Waals surface area contributed by atoms with Crippen LogP contribution in [0.15, 0.2) is 24.3 Å². The number of nitrogens with one attached hydrogen (secondary N) is 3. The zero-order valence-corrected chi connectivity index (χ0v) is 18.9. The molecular weight excluding hydrogens is 450 g/mol. The standard InChI is InChI=1S/C21H31N5O8/c1-10(21(33)34)24-20(32)17(11(2)27)26-19(31)15(9-12-3-5-13(28)6-4-12)25-18(30)14(22)7-8-16(23)29/h3-6,10-11,14-15,17,27-28H,7-9,22H2,1-2H3,(H2,23,29)(H,24,32)(H,25,30)(H,26,31)(H,33,34). The number of benzene rings is 1. The predicted octanol–water partition coefficient (Wildman–Crippen LogP) is -2.53. The van der Waals surface area contributed by atoms with E-state index in [-0.39, 0.29) is 25.0 Å². The summed E-state index contributed by atoms with van der Waals surface area (Å²) in [4.78, 5) is 59.8. The van der Waals surface area contributed by atoms with Gasteiger partial charge in [0.15, 0.2) is 0 Å². The highest BCUT2D eigenvalue weighted by molar-refractivity contribution is 5.94. The fourth-order valence-electron chi connectivity index (χ4n) is 2.81. The van der Waals surface area contributed by atoms with E-state index in [0.29, 0.717) is 5.56 Å². The number of aromatic hydroxyl groups is 1. The van der Waals surface area contributed by atoms with Crippen LogP contribution < -0.4 is 27.4 Å². The number of phenols is 1. The van der Waals surface area contributed by atoms with Crippen LogP contribution in [0, 0.1) is 0 Å². The number of carbonyl (C=O) groups excluding carboxylic acids is 4. The minimum absolute atomic E-state index is 0.0133. The number of carboxylic acid groups (broad SMARTS) is 1. The molecule has 5 atom stereocenters. The zero-order chi connectivity index (χ0) is 26.0. The van der Waals surface area contributed by atoms with Crippen LogP contribution in [-0.4, -0.2) is 75.2 Å². The summed E-state index contributed by atoms with van der Waals surface area (Å²) in [5.74, 6) is -4.52. The van der Waals surface area contributed by atoms with Gasteiger partial charge in [-0.1, -0.05) is 12.1 Å². The molecule has 0 radical (unpaired) electrons. The summed E-state index contributed by atoms with van der Waals surface area (Å²) in [6.07, 6.45) is -1.66. The van der Waals surface area contributed by atoms with Crippen LogP contribution in [0.25, 0.3) is 0 Å². The Kier molecular flexibility index (Phi) is 10.9. The molecule has 1 aromatic rings. The topological polar surface area (TPSA) is 234 Å². The van der Waals surface area contributed by atoms with Crippen molar-refractivity contribution in [2.24, 2.45) is 11.5 Å². The number of primary amides is 1. The fourth-order valence-corrected chi connectivity index (χ4v) is 2.81. The number of phenolic OH excluding ortho intramolecular Hbond substituents is 1. The van der Waals surface area contributed by atoms with E-state index in [1.165, 1.54) is 38.1 Å². The summed E-state index contributed by atoms with van der Waals surface area (Å²) in [5, 5.41) is 35.3. The van der Waals surface area contributed by atoms with Gasteiger partial charge in [0.25, 0.3) is 0 Å². The first-order valence-electron chi connectivity index (χ1n) is 10.5. The van der Waals surface area contributed by atoms with Crippen molar-refractivity contribution in [2.45, 2.75) is 63.4 Å². The van der Waals surface area contributed by atoms with Crippen LogP contribution >= 0.6 is 0 Å². The summed E-state index contributed by atoms with van der Waals surface area (Å²) in [6, 6.07) is 0.592. The number of amides is 4. The van der Waals surface area contributed by atoms with Gasteiger partial charge in [0.05, 0.1) is 12.1 Å². The second kappa shape index (κ2) is 13.1. The summed E-state index contributed by atoms with van der Waals surface area (Å²) in [5.41, 5.74) is 11.4. The van der Waals surface area contributed by atoms with Gasteiger partial charge in [-0.25, -0.2) is 0 Å². The van der Waals surface area contributed by atoms with Crippen LogP contribution in [0.1, 0.15) is 32.3 Å². The molecule has 34 heavy (non-hydrogen) atoms. The van der Waals surface area contributed by atoms with Gasteiger partial charge >= 0.3 is 5.97 Å². The Balaban J connectivity index is 3.05. The van der Waals surface area contributed by atoms with Crippen molar-refractivity contribution in [3.05, 3.63) is 29.8 Å². The number of aliphatic hydroxyl groups is 1. The third kappa shape index (κ3) is 9.42. The SMILES string of the molecule is CC(NC(=O)C(NC(=O)C(Cc1ccc(O)cc1)NC(=O)C(N)CCC(N)=O)C(C)O)C(=O)O. The van der Waals surface area contributed by atoms with E-state index in [1.807, 2.05) is 0 Å². The highest BCUT2D eigenvalue weighted by atomic mass is 16.4. The van der Waals surface area contributed by atoms with Crippen LogP contribution in [0.4, 0.5) is 0 Å². The highest BCUT2D eigenvalue weighted by Gasteiger charge is 2.32. The van der Waals surface area contributed by atoms with Gasteiger partial charge in [-0.2, -0.15) is 0 Å². The Hall–Kier alpha value is -3.71. The fraction of sp³-hybridized carbons (Fsp3) is 0.476. The Labute approximate surface area is 195 Å². The Morgan fingerprint density at radius 3 is 2.03 bits per heavy atom. The number of carbonyl (C=O) groups is 5. The van der Waals surface area contributed by atoms with E-state index in [4.69, 9.17) is 16.6 Å². The second-order valence-electron chi connectivity index (χ2n) is 7.84. The predicted molar refractivity (Wildman–Crippen MR) is 119 cm³/mol. The normalized spacial score (nSPS) is 15.2. The molecule has 0 bridgehead atoms. The molecule has 0 aromatic heterocycles. The lowest BCUT2D eigenvalue weighted by molar-refractivity contribution is -0.142. The quantitative estimate of drug-likeness (QED) is 0.148. The number of aliphatic hydroxyl groups excluding tert-OH is 1. The van der Waals surface area contributed by atoms with E-state index < -0.39 is 59.9 Å². The molecule has 1 rings (SSSR count). The molecular formula is C21H31N5O8. The van der Waals surface area contributed by atoms with Crippen molar-refractivity contribution >= 4 is 29.6 Å². The zero-order valence-electron chi connectivity index (χ0n) is 18.9. The van der Waals surface area contributed by atoms with Crippen molar-refractivity contribution in [2.75, 3.05) is 0 Å². The van der Waals surface area contributed by atoms with E-state index >= 15 is 0 Å². The number of carboxylic acids is 1. The van der Waals surface area contributed by atoms with Crippen molar-refractivity contribution in [1.29, 1.82) is 0 Å². The van der Waals surface area contributed by atoms with Gasteiger partial charge in [-0.05, 0) is 38.0 Å². The Bertz CT molecular complexity index is 890. The molecule has 4 amide bonds. The van der Waals surface area contributed by atoms with E-state index in [1.54, 1.807) is 0 Å². The molecule has 13 nitrogen and oxygen atoms in total. The molecule has 1 aromatic carbocycles. The maximum absolute atomic E-state index is 13.0. The van der Waals surface area contributed by atoms with Gasteiger partial charge in [-0.15, -0.1) is 0 Å². The smallest absolute Gasteiger partial charge is 0.325 e. The molecule has 5 unspecified atom stereocenters. The van der Waals surface area contributed by atoms with Crippen molar-refractivity contribution < 1.29 is 39.3 Å². The van der Waals surface area contributed by atoms with E-state index in [2.05, 4.69) is 16.0 Å². The van der Waals surface area contributed by atoms with Crippen molar-refractivity contribution in [1.82, 2.24) is 16.0 Å². The first kappa shape index (κ1) is 28.3. The minimum Gasteiger partial charge on any atom is -0.508 e. The van der Waals surface area contributed by atoms with Gasteiger partial charge in [0, 0.05) is 12.8 Å². The Morgan fingerprint density at radius 1 is 0.941 bits per heavy atom. The van der Waals surface area contributed by atoms with Crippen molar-refractivity contribution in [3.63, 3.8) is 0 Å². The van der Waals surface area contributed by atoms with Gasteiger partial charge in [0.2, 0.25) is 23.6 Å². The molecule has 0 spiro atoms. The number of rotatable bonds is 13. The molecule has 188 valence electrons. The molecule has 10 N–H and O–H groups in total. The van der Waals surface area contributed by atoms with Crippen LogP contribution in [0.2, 0.25) is 0 Å². The summed E-state index contributed by atoms with van der Waals surface area (Å²) in [7, 11) is 0. The largest absolute Gasteiger partial charge is 0.508 e. The lowest BCUT2D eigenvalue weighted by atomic mass is 10.0. The lowest BCUT2D eigenvalue weighted by Gasteiger charge is -2.26. The molecule has 0 saturated heterocycles. The number of hydrogen-bond acceptors (Lipinski definition) is 8. The number of hydrogen-bond donors (Lipinski definition) is 8. The molecule has 0 aliphatic rings. The average molecular weight is 482 g/mol. The van der Waals surface area contributed by atoms with Crippen LogP contribution in [0.3, 0.4) is 0 Å². The second-order valence-corrected chi connectivity index (χ2v) is 7.84. The molecule has 0 aliphatic heterocycles. The first-order valence-corrected chi connectivity index (χ1v) is 10.5. The average Bonchev–Trinajstić information content (AvgIpc) is 2.75. The van der Waals surface area contributed by atoms with E-state index in [0.717, 1.165) is 0 Å². The van der Waals surface area contributed by atoms with Crippen molar-refractivity contribution in [3.8, 4) is 5.75 Å². The Morgan fingerprint density at radius 2 is 1.53 bits per heavy atom. The van der Waals surface area contributed by atoms with E-state index in [9.17, 15) is 34.2 Å². The third-order valence-corrected chi connectivity index (χ3v) is 4.84. The number of nitrogens with two attached hydrogens (primary N) is 2. The molecule has 0 aliphatic carbocycles. The van der Waals surface area contributed by atoms with Gasteiger partial charge < -0.3 is 42.7 Å². The van der Waals surface area contributed by atoms with Gasteiger partial charge in [0.1, 0.15) is 23.9 Å². The van der Waals surface area contributed by atoms with Gasteiger partial charge in [-0.3, -0.25) is 24.0 Å². The maximum atomic E-state index is 13.0. The highest BCUT2D eigenvalue weighted by Crippen LogP contribution is 2.12. The summed E-state index contributed by atoms with van der Waals surface area (Å²) < 4.78 is 0. The minimum atomic E-state index is -1.52. The molecule has 13 heteroatoms. The summed E-state index contributed by atoms with van der Waals surface area (Å²) >= 11 is 0. The molecule has 0 fully saturated rings. The molecule has 0 saturated carbocycles. The maximum Gasteiger partial charge on any atom is 0.325 e. The van der Waals surface area contributed by atoms with Crippen LogP contribution in [-0.2, 0) is 30.4 Å². The third-order valence-electron chi connectivity index (χ3n) is 4.84.